The van der Waals surface area contributed by atoms with Crippen molar-refractivity contribution >= 4 is 34.2 Å². The summed E-state index contributed by atoms with van der Waals surface area (Å²) >= 11 is 1.40. The van der Waals surface area contributed by atoms with E-state index in [0.29, 0.717) is 31.1 Å². The number of hydrogen-bond acceptors (Lipinski definition) is 5. The zero-order valence-electron chi connectivity index (χ0n) is 16.9. The number of carbonyl (C=O) groups excluding carboxylic acids is 3. The van der Waals surface area contributed by atoms with Crippen LogP contribution >= 0.6 is 11.3 Å². The minimum absolute atomic E-state index is 0.0337. The van der Waals surface area contributed by atoms with Gasteiger partial charge in [-0.1, -0.05) is 24.3 Å². The highest BCUT2D eigenvalue weighted by Gasteiger charge is 2.26. The molecule has 1 unspecified atom stereocenters. The Morgan fingerprint density at radius 1 is 1.14 bits per heavy atom. The predicted octanol–water partition coefficient (Wildman–Crippen LogP) is 3.20. The van der Waals surface area contributed by atoms with Gasteiger partial charge in [0.1, 0.15) is 0 Å². The third-order valence-electron chi connectivity index (χ3n) is 5.17. The number of benzene rings is 1. The summed E-state index contributed by atoms with van der Waals surface area (Å²) in [6.07, 6.45) is 1.36. The highest BCUT2D eigenvalue weighted by molar-refractivity contribution is 7.14. The van der Waals surface area contributed by atoms with Crippen molar-refractivity contribution in [2.24, 2.45) is 5.92 Å². The molecule has 1 aliphatic rings. The molecule has 1 aliphatic heterocycles. The fourth-order valence-corrected chi connectivity index (χ4v) is 4.18. The van der Waals surface area contributed by atoms with Crippen LogP contribution in [0.3, 0.4) is 0 Å². The van der Waals surface area contributed by atoms with Crippen LogP contribution in [0.25, 0.3) is 11.3 Å². The maximum atomic E-state index is 12.5. The average molecular weight is 415 g/mol. The second-order valence-electron chi connectivity index (χ2n) is 7.35. The molecule has 2 heterocycles. The van der Waals surface area contributed by atoms with Crippen LogP contribution < -0.4 is 10.6 Å². The van der Waals surface area contributed by atoms with E-state index in [-0.39, 0.29) is 29.7 Å². The molecule has 1 fully saturated rings. The first-order valence-electron chi connectivity index (χ1n) is 9.73. The standard InChI is InChI=1S/C21H26N4O3S/c1-13(22-14(2)26)16-4-6-17(7-5-16)19-12-29-21(23-19)24-20(28)18-8-10-25(11-9-18)15(3)27/h4-7,12-13,18H,8-11H2,1-3H3,(H,22,26)(H,23,24,28). The normalized spacial score (nSPS) is 15.6. The third kappa shape index (κ3) is 5.41. The Bertz CT molecular complexity index is 886. The lowest BCUT2D eigenvalue weighted by Gasteiger charge is -2.30. The Balaban J connectivity index is 1.58. The molecule has 29 heavy (non-hydrogen) atoms. The van der Waals surface area contributed by atoms with Gasteiger partial charge in [0.25, 0.3) is 0 Å². The van der Waals surface area contributed by atoms with E-state index in [1.807, 2.05) is 36.6 Å². The monoisotopic (exact) mass is 414 g/mol. The lowest BCUT2D eigenvalue weighted by atomic mass is 9.96. The number of amides is 3. The quantitative estimate of drug-likeness (QED) is 0.786. The number of aromatic nitrogens is 1. The first-order chi connectivity index (χ1) is 13.8. The highest BCUT2D eigenvalue weighted by Crippen LogP contribution is 2.27. The molecule has 0 saturated carbocycles. The van der Waals surface area contributed by atoms with Gasteiger partial charge < -0.3 is 15.5 Å². The summed E-state index contributed by atoms with van der Waals surface area (Å²) in [5.74, 6) is -0.125. The van der Waals surface area contributed by atoms with Gasteiger partial charge in [0.05, 0.1) is 11.7 Å². The van der Waals surface area contributed by atoms with Gasteiger partial charge in [0.15, 0.2) is 5.13 Å². The van der Waals surface area contributed by atoms with E-state index in [9.17, 15) is 14.4 Å². The first-order valence-corrected chi connectivity index (χ1v) is 10.6. The largest absolute Gasteiger partial charge is 0.350 e. The molecule has 1 atom stereocenters. The smallest absolute Gasteiger partial charge is 0.229 e. The van der Waals surface area contributed by atoms with E-state index in [1.165, 1.54) is 18.3 Å². The molecule has 0 radical (unpaired) electrons. The number of nitrogens with one attached hydrogen (secondary N) is 2. The number of likely N-dealkylation sites (tertiary alicyclic amines) is 1. The van der Waals surface area contributed by atoms with Crippen molar-refractivity contribution in [3.05, 3.63) is 35.2 Å². The Morgan fingerprint density at radius 2 is 1.79 bits per heavy atom. The number of thiazole rings is 1. The lowest BCUT2D eigenvalue weighted by Crippen LogP contribution is -2.40. The molecule has 154 valence electrons. The van der Waals surface area contributed by atoms with E-state index in [1.54, 1.807) is 11.8 Å². The van der Waals surface area contributed by atoms with Crippen LogP contribution in [0.4, 0.5) is 5.13 Å². The lowest BCUT2D eigenvalue weighted by molar-refractivity contribution is -0.132. The van der Waals surface area contributed by atoms with Crippen LogP contribution in [-0.2, 0) is 14.4 Å². The zero-order valence-corrected chi connectivity index (χ0v) is 17.7. The predicted molar refractivity (Wildman–Crippen MR) is 113 cm³/mol. The van der Waals surface area contributed by atoms with Gasteiger partial charge in [-0.05, 0) is 25.3 Å². The fraction of sp³-hybridized carbons (Fsp3) is 0.429. The first kappa shape index (κ1) is 21.0. The molecule has 1 aromatic heterocycles. The van der Waals surface area contributed by atoms with Crippen LogP contribution in [0.1, 0.15) is 45.2 Å². The second-order valence-corrected chi connectivity index (χ2v) is 8.21. The molecule has 0 spiro atoms. The second kappa shape index (κ2) is 9.17. The minimum Gasteiger partial charge on any atom is -0.350 e. The van der Waals surface area contributed by atoms with Gasteiger partial charge in [0.2, 0.25) is 17.7 Å². The summed E-state index contributed by atoms with van der Waals surface area (Å²) in [6, 6.07) is 7.81. The number of anilines is 1. The van der Waals surface area contributed by atoms with Gasteiger partial charge in [-0.25, -0.2) is 4.98 Å². The number of hydrogen-bond donors (Lipinski definition) is 2. The molecule has 8 heteroatoms. The number of piperidine rings is 1. The van der Waals surface area contributed by atoms with Gasteiger partial charge in [-0.2, -0.15) is 0 Å². The number of carbonyl (C=O) groups is 3. The molecule has 1 aromatic carbocycles. The van der Waals surface area contributed by atoms with Gasteiger partial charge in [0, 0.05) is 43.8 Å². The SMILES string of the molecule is CC(=O)NC(C)c1ccc(-c2csc(NC(=O)C3CCN(C(C)=O)CC3)n2)cc1. The van der Waals surface area contributed by atoms with Gasteiger partial charge in [-0.15, -0.1) is 11.3 Å². The molecule has 2 N–H and O–H groups in total. The summed E-state index contributed by atoms with van der Waals surface area (Å²) in [4.78, 5) is 41.4. The molecule has 0 aliphatic carbocycles. The maximum absolute atomic E-state index is 12.5. The molecular weight excluding hydrogens is 388 g/mol. The van der Waals surface area contributed by atoms with Crippen molar-refractivity contribution in [3.8, 4) is 11.3 Å². The molecular formula is C21H26N4O3S. The van der Waals surface area contributed by atoms with Crippen LogP contribution in [0.15, 0.2) is 29.6 Å². The van der Waals surface area contributed by atoms with Crippen molar-refractivity contribution in [2.45, 2.75) is 39.7 Å². The molecule has 3 rings (SSSR count). The minimum atomic E-state index is -0.0903. The van der Waals surface area contributed by atoms with Crippen LogP contribution in [-0.4, -0.2) is 40.7 Å². The summed E-state index contributed by atoms with van der Waals surface area (Å²) < 4.78 is 0. The molecule has 1 saturated heterocycles. The average Bonchev–Trinajstić information content (AvgIpc) is 3.16. The summed E-state index contributed by atoms with van der Waals surface area (Å²) in [5.41, 5.74) is 2.77. The number of rotatable bonds is 5. The van der Waals surface area contributed by atoms with Gasteiger partial charge >= 0.3 is 0 Å². The van der Waals surface area contributed by atoms with Crippen LogP contribution in [0.2, 0.25) is 0 Å². The van der Waals surface area contributed by atoms with Crippen molar-refractivity contribution in [2.75, 3.05) is 18.4 Å². The van der Waals surface area contributed by atoms with Crippen LogP contribution in [0.5, 0.6) is 0 Å². The topological polar surface area (TPSA) is 91.4 Å². The summed E-state index contributed by atoms with van der Waals surface area (Å²) in [6.45, 7) is 6.25. The van der Waals surface area contributed by atoms with Crippen molar-refractivity contribution in [1.82, 2.24) is 15.2 Å². The summed E-state index contributed by atoms with van der Waals surface area (Å²) in [7, 11) is 0. The maximum Gasteiger partial charge on any atom is 0.229 e. The van der Waals surface area contributed by atoms with Gasteiger partial charge in [-0.3, -0.25) is 14.4 Å². The fourth-order valence-electron chi connectivity index (χ4n) is 3.46. The van der Waals surface area contributed by atoms with Crippen molar-refractivity contribution in [1.29, 1.82) is 0 Å². The van der Waals surface area contributed by atoms with E-state index in [0.717, 1.165) is 16.8 Å². The third-order valence-corrected chi connectivity index (χ3v) is 5.93. The van der Waals surface area contributed by atoms with E-state index < -0.39 is 0 Å². The van der Waals surface area contributed by atoms with Crippen LogP contribution in [0, 0.1) is 5.92 Å². The molecule has 3 amide bonds. The molecule has 7 nitrogen and oxygen atoms in total. The van der Waals surface area contributed by atoms with E-state index in [2.05, 4.69) is 15.6 Å². The Hall–Kier alpha value is -2.74. The summed E-state index contributed by atoms with van der Waals surface area (Å²) in [5, 5.41) is 8.27. The van der Waals surface area contributed by atoms with E-state index >= 15 is 0 Å². The van der Waals surface area contributed by atoms with E-state index in [4.69, 9.17) is 0 Å². The number of nitrogens with zero attached hydrogens (tertiary/aromatic N) is 2. The molecule has 2 aromatic rings. The Labute approximate surface area is 174 Å². The Morgan fingerprint density at radius 3 is 2.38 bits per heavy atom. The molecule has 0 bridgehead atoms. The zero-order chi connectivity index (χ0) is 21.0. The van der Waals surface area contributed by atoms with Crippen molar-refractivity contribution in [3.63, 3.8) is 0 Å². The highest BCUT2D eigenvalue weighted by atomic mass is 32.1. The van der Waals surface area contributed by atoms with Crippen molar-refractivity contribution < 1.29 is 14.4 Å². The Kier molecular flexibility index (Phi) is 6.64.